The Kier molecular flexibility index (Phi) is 32.1. The summed E-state index contributed by atoms with van der Waals surface area (Å²) in [6.45, 7) is 3.94. The van der Waals surface area contributed by atoms with Crippen LogP contribution in [0.25, 0.3) is 0 Å². The first-order valence-electron chi connectivity index (χ1n) is 17.5. The highest BCUT2D eigenvalue weighted by Crippen LogP contribution is 2.14. The maximum absolute atomic E-state index is 12.3. The number of aliphatic hydroxyl groups excluding tert-OH is 2. The van der Waals surface area contributed by atoms with Crippen molar-refractivity contribution < 1.29 is 15.0 Å². The van der Waals surface area contributed by atoms with Gasteiger partial charge < -0.3 is 15.5 Å². The standard InChI is InChI=1S/C38H67NO3/c1-3-5-7-9-11-13-14-15-16-17-18-19-20-21-22-23-24-26-28-30-32-34-38(42)39-36(35-40)37(41)33-31-29-27-25-12-10-8-6-4-2/h4-7,11-13,25,31,33,36-37,40-41H,3,8-10,14-24,26-30,32,34-35H2,1-2H3,(H,39,42)/b6-4+,7-5-,13-11-,25-12+,33-31+. The zero-order valence-corrected chi connectivity index (χ0v) is 27.5. The van der Waals surface area contributed by atoms with E-state index in [4.69, 9.17) is 0 Å². The number of hydrogen-bond acceptors (Lipinski definition) is 3. The fraction of sp³-hybridized carbons (Fsp3) is 0.711. The predicted molar refractivity (Wildman–Crippen MR) is 184 cm³/mol. The monoisotopic (exact) mass is 586 g/mol. The zero-order chi connectivity index (χ0) is 30.8. The van der Waals surface area contributed by atoms with Crippen molar-refractivity contribution in [2.45, 2.75) is 167 Å². The number of carbonyl (C=O) groups excluding carboxylic acids is 1. The van der Waals surface area contributed by atoms with Gasteiger partial charge in [0.2, 0.25) is 5.91 Å². The summed E-state index contributed by atoms with van der Waals surface area (Å²) < 4.78 is 0. The minimum absolute atomic E-state index is 0.0853. The van der Waals surface area contributed by atoms with Crippen molar-refractivity contribution in [3.8, 4) is 0 Å². The highest BCUT2D eigenvalue weighted by molar-refractivity contribution is 5.76. The Morgan fingerprint density at radius 1 is 0.619 bits per heavy atom. The summed E-state index contributed by atoms with van der Waals surface area (Å²) >= 11 is 0. The van der Waals surface area contributed by atoms with Crippen molar-refractivity contribution in [3.63, 3.8) is 0 Å². The normalized spacial score (nSPS) is 13.9. The van der Waals surface area contributed by atoms with Crippen LogP contribution in [0.3, 0.4) is 0 Å². The molecule has 0 radical (unpaired) electrons. The summed E-state index contributed by atoms with van der Waals surface area (Å²) in [5.74, 6) is -0.0853. The number of amides is 1. The minimum atomic E-state index is -0.867. The molecule has 0 aliphatic carbocycles. The van der Waals surface area contributed by atoms with E-state index in [-0.39, 0.29) is 12.5 Å². The second kappa shape index (κ2) is 33.6. The van der Waals surface area contributed by atoms with Gasteiger partial charge in [-0.15, -0.1) is 0 Å². The number of hydrogen-bond donors (Lipinski definition) is 3. The van der Waals surface area contributed by atoms with Crippen LogP contribution in [0.2, 0.25) is 0 Å². The van der Waals surface area contributed by atoms with E-state index in [1.165, 1.54) is 83.5 Å². The minimum Gasteiger partial charge on any atom is -0.394 e. The van der Waals surface area contributed by atoms with Gasteiger partial charge in [-0.25, -0.2) is 0 Å². The van der Waals surface area contributed by atoms with Gasteiger partial charge >= 0.3 is 0 Å². The lowest BCUT2D eigenvalue weighted by Crippen LogP contribution is -2.45. The van der Waals surface area contributed by atoms with Crippen LogP contribution < -0.4 is 5.32 Å². The molecule has 0 aliphatic rings. The van der Waals surface area contributed by atoms with Crippen LogP contribution in [0.15, 0.2) is 60.8 Å². The molecular weight excluding hydrogens is 518 g/mol. The van der Waals surface area contributed by atoms with E-state index in [0.29, 0.717) is 6.42 Å². The number of allylic oxidation sites excluding steroid dienone is 9. The Morgan fingerprint density at radius 3 is 1.64 bits per heavy atom. The van der Waals surface area contributed by atoms with Gasteiger partial charge in [0.1, 0.15) is 0 Å². The number of aliphatic hydroxyl groups is 2. The first kappa shape index (κ1) is 40.1. The Balaban J connectivity index is 3.58. The predicted octanol–water partition coefficient (Wildman–Crippen LogP) is 10.2. The maximum Gasteiger partial charge on any atom is 0.220 e. The van der Waals surface area contributed by atoms with E-state index in [0.717, 1.165) is 51.4 Å². The molecule has 0 rings (SSSR count). The van der Waals surface area contributed by atoms with Gasteiger partial charge in [0.05, 0.1) is 18.8 Å². The summed E-state index contributed by atoms with van der Waals surface area (Å²) in [6, 6.07) is -0.643. The van der Waals surface area contributed by atoms with Gasteiger partial charge in [0, 0.05) is 6.42 Å². The molecule has 0 fully saturated rings. The van der Waals surface area contributed by atoms with Crippen molar-refractivity contribution in [2.75, 3.05) is 6.61 Å². The first-order chi connectivity index (χ1) is 20.7. The van der Waals surface area contributed by atoms with Crippen molar-refractivity contribution in [1.29, 1.82) is 0 Å². The largest absolute Gasteiger partial charge is 0.394 e. The molecule has 0 bridgehead atoms. The third kappa shape index (κ3) is 29.6. The van der Waals surface area contributed by atoms with Gasteiger partial charge in [0.25, 0.3) is 0 Å². The van der Waals surface area contributed by atoms with E-state index < -0.39 is 12.1 Å². The van der Waals surface area contributed by atoms with Crippen molar-refractivity contribution in [1.82, 2.24) is 5.32 Å². The summed E-state index contributed by atoms with van der Waals surface area (Å²) in [6.07, 6.45) is 46.1. The third-order valence-electron chi connectivity index (χ3n) is 7.56. The molecule has 0 saturated carbocycles. The van der Waals surface area contributed by atoms with Gasteiger partial charge in [-0.3, -0.25) is 4.79 Å². The molecule has 3 N–H and O–H groups in total. The van der Waals surface area contributed by atoms with E-state index in [1.807, 2.05) is 13.0 Å². The van der Waals surface area contributed by atoms with Crippen LogP contribution in [-0.4, -0.2) is 34.9 Å². The quantitative estimate of drug-likeness (QED) is 0.0580. The molecule has 2 atom stereocenters. The van der Waals surface area contributed by atoms with Crippen molar-refractivity contribution in [3.05, 3.63) is 60.8 Å². The van der Waals surface area contributed by atoms with Gasteiger partial charge in [-0.05, 0) is 64.7 Å². The van der Waals surface area contributed by atoms with Crippen LogP contribution >= 0.6 is 0 Å². The highest BCUT2D eigenvalue weighted by Gasteiger charge is 2.17. The molecule has 0 aromatic rings. The molecule has 0 saturated heterocycles. The number of unbranched alkanes of at least 4 members (excludes halogenated alkanes) is 16. The number of nitrogens with one attached hydrogen (secondary N) is 1. The van der Waals surface area contributed by atoms with Crippen LogP contribution in [0.1, 0.15) is 155 Å². The van der Waals surface area contributed by atoms with Crippen LogP contribution in [0.5, 0.6) is 0 Å². The molecule has 242 valence electrons. The van der Waals surface area contributed by atoms with Gasteiger partial charge in [-0.2, -0.15) is 0 Å². The van der Waals surface area contributed by atoms with Crippen molar-refractivity contribution in [2.24, 2.45) is 0 Å². The lowest BCUT2D eigenvalue weighted by Gasteiger charge is -2.19. The molecule has 1 amide bonds. The lowest BCUT2D eigenvalue weighted by molar-refractivity contribution is -0.123. The second-order valence-corrected chi connectivity index (χ2v) is 11.5. The molecule has 2 unspecified atom stereocenters. The van der Waals surface area contributed by atoms with E-state index in [1.54, 1.807) is 6.08 Å². The Morgan fingerprint density at radius 2 is 1.10 bits per heavy atom. The Bertz CT molecular complexity index is 722. The molecule has 0 aromatic carbocycles. The highest BCUT2D eigenvalue weighted by atomic mass is 16.3. The van der Waals surface area contributed by atoms with Gasteiger partial charge in [-0.1, -0.05) is 145 Å². The zero-order valence-electron chi connectivity index (χ0n) is 27.5. The van der Waals surface area contributed by atoms with Crippen molar-refractivity contribution >= 4 is 5.91 Å². The van der Waals surface area contributed by atoms with Crippen LogP contribution in [0.4, 0.5) is 0 Å². The average molecular weight is 586 g/mol. The molecule has 4 nitrogen and oxygen atoms in total. The average Bonchev–Trinajstić information content (AvgIpc) is 2.99. The molecule has 0 aliphatic heterocycles. The molecule has 0 spiro atoms. The van der Waals surface area contributed by atoms with E-state index >= 15 is 0 Å². The fourth-order valence-electron chi connectivity index (χ4n) is 4.90. The summed E-state index contributed by atoms with van der Waals surface area (Å²) in [5.41, 5.74) is 0. The summed E-state index contributed by atoms with van der Waals surface area (Å²) in [7, 11) is 0. The molecular formula is C38H67NO3. The topological polar surface area (TPSA) is 69.6 Å². The maximum atomic E-state index is 12.3. The lowest BCUT2D eigenvalue weighted by atomic mass is 10.0. The van der Waals surface area contributed by atoms with E-state index in [2.05, 4.69) is 60.8 Å². The molecule has 0 aromatic heterocycles. The molecule has 42 heavy (non-hydrogen) atoms. The van der Waals surface area contributed by atoms with Crippen LogP contribution in [-0.2, 0) is 4.79 Å². The number of carbonyl (C=O) groups is 1. The third-order valence-corrected chi connectivity index (χ3v) is 7.56. The number of rotatable bonds is 30. The first-order valence-corrected chi connectivity index (χ1v) is 17.5. The summed E-state index contributed by atoms with van der Waals surface area (Å²) in [5, 5.41) is 22.7. The Labute approximate surface area is 260 Å². The van der Waals surface area contributed by atoms with Crippen LogP contribution in [0, 0.1) is 0 Å². The summed E-state index contributed by atoms with van der Waals surface area (Å²) in [4.78, 5) is 12.3. The Hall–Kier alpha value is -1.91. The van der Waals surface area contributed by atoms with Gasteiger partial charge in [0.15, 0.2) is 0 Å². The SMILES string of the molecule is C/C=C/CC/C=C/CC/C=C/C(O)C(CO)NC(=O)CCCCCCCCCCCCCCCC/C=C\C/C=C\CC. The van der Waals surface area contributed by atoms with E-state index in [9.17, 15) is 15.0 Å². The smallest absolute Gasteiger partial charge is 0.220 e. The fourth-order valence-corrected chi connectivity index (χ4v) is 4.90. The molecule has 0 heterocycles. The molecule has 4 heteroatoms. The second-order valence-electron chi connectivity index (χ2n) is 11.5.